The van der Waals surface area contributed by atoms with E-state index in [1.807, 2.05) is 4.57 Å². The molecule has 0 unspecified atom stereocenters. The number of ether oxygens (including phenoxy) is 3. The van der Waals surface area contributed by atoms with Gasteiger partial charge in [0, 0.05) is 23.1 Å². The van der Waals surface area contributed by atoms with Gasteiger partial charge in [0.15, 0.2) is 6.61 Å². The van der Waals surface area contributed by atoms with E-state index in [0.29, 0.717) is 28.9 Å². The van der Waals surface area contributed by atoms with E-state index < -0.39 is 11.9 Å². The monoisotopic (exact) mass is 349 g/mol. The number of hydrogen-bond acceptors (Lipinski definition) is 6. The molecule has 2 rings (SSSR count). The molecule has 1 heterocycles. The van der Waals surface area contributed by atoms with Crippen molar-refractivity contribution in [1.29, 1.82) is 0 Å². The highest BCUT2D eigenvalue weighted by Gasteiger charge is 2.21. The van der Waals surface area contributed by atoms with Crippen LogP contribution in [0.3, 0.4) is 0 Å². The summed E-state index contributed by atoms with van der Waals surface area (Å²) in [4.78, 5) is 23.8. The molecule has 136 valence electrons. The Bertz CT molecular complexity index is 765. The van der Waals surface area contributed by atoms with Gasteiger partial charge in [0.25, 0.3) is 0 Å². The molecule has 7 heteroatoms. The van der Waals surface area contributed by atoms with E-state index >= 15 is 0 Å². The third-order valence-electron chi connectivity index (χ3n) is 3.76. The fraction of sp³-hybridized carbons (Fsp3) is 0.444. The van der Waals surface area contributed by atoms with E-state index in [0.717, 1.165) is 5.52 Å². The van der Waals surface area contributed by atoms with Crippen LogP contribution >= 0.6 is 0 Å². The lowest BCUT2D eigenvalue weighted by atomic mass is 10.1. The smallest absolute Gasteiger partial charge is 0.344 e. The molecule has 0 atom stereocenters. The van der Waals surface area contributed by atoms with Gasteiger partial charge in [-0.1, -0.05) is 0 Å². The lowest BCUT2D eigenvalue weighted by Gasteiger charge is -2.07. The number of nitrogens with zero attached hydrogens (tertiary/aromatic N) is 1. The molecular weight excluding hydrogens is 326 g/mol. The summed E-state index contributed by atoms with van der Waals surface area (Å²) >= 11 is 0. The minimum atomic E-state index is -0.456. The average Bonchev–Trinajstić information content (AvgIpc) is 2.85. The molecule has 7 nitrogen and oxygen atoms in total. The number of aliphatic hydroxyl groups is 1. The second kappa shape index (κ2) is 8.53. The zero-order valence-electron chi connectivity index (χ0n) is 14.7. The summed E-state index contributed by atoms with van der Waals surface area (Å²) in [5.41, 5.74) is 1.94. The lowest BCUT2D eigenvalue weighted by Crippen LogP contribution is -2.14. The molecule has 0 fully saturated rings. The number of carbonyl (C=O) groups is 2. The molecule has 0 aliphatic rings. The molecular formula is C18H23NO6. The Morgan fingerprint density at radius 1 is 1.16 bits per heavy atom. The molecule has 1 N–H and O–H groups in total. The van der Waals surface area contributed by atoms with Crippen molar-refractivity contribution in [2.75, 3.05) is 26.4 Å². The highest BCUT2D eigenvalue weighted by Crippen LogP contribution is 2.30. The van der Waals surface area contributed by atoms with Gasteiger partial charge < -0.3 is 23.9 Å². The first-order chi connectivity index (χ1) is 12.0. The number of esters is 2. The maximum absolute atomic E-state index is 12.3. The molecule has 0 bridgehead atoms. The number of fused-ring (bicyclic) bond motifs is 1. The Kier molecular flexibility index (Phi) is 6.41. The topological polar surface area (TPSA) is 87.0 Å². The molecule has 0 spiro atoms. The summed E-state index contributed by atoms with van der Waals surface area (Å²) in [7, 11) is 0. The van der Waals surface area contributed by atoms with Gasteiger partial charge in [-0.15, -0.1) is 0 Å². The van der Waals surface area contributed by atoms with Crippen LogP contribution < -0.4 is 4.74 Å². The van der Waals surface area contributed by atoms with Crippen LogP contribution in [0.25, 0.3) is 10.9 Å². The van der Waals surface area contributed by atoms with Crippen molar-refractivity contribution in [3.8, 4) is 5.75 Å². The van der Waals surface area contributed by atoms with E-state index in [1.165, 1.54) is 0 Å². The number of carbonyl (C=O) groups excluding carboxylic acids is 2. The molecule has 0 amide bonds. The van der Waals surface area contributed by atoms with Crippen molar-refractivity contribution in [2.24, 2.45) is 0 Å². The summed E-state index contributed by atoms with van der Waals surface area (Å²) in [5, 5.41) is 9.95. The first-order valence-corrected chi connectivity index (χ1v) is 8.22. The van der Waals surface area contributed by atoms with E-state index in [-0.39, 0.29) is 26.4 Å². The second-order valence-corrected chi connectivity index (χ2v) is 5.33. The Morgan fingerprint density at radius 3 is 2.52 bits per heavy atom. The minimum Gasteiger partial charge on any atom is -0.482 e. The van der Waals surface area contributed by atoms with Gasteiger partial charge in [-0.25, -0.2) is 9.59 Å². The standard InChI is InChI=1S/C18H23NO6/c1-4-23-16(21)11-25-13-6-7-15-14(10-13)17(18(22)24-5-2)12(3)19(15)8-9-20/h6-7,10,20H,4-5,8-9,11H2,1-3H3. The molecule has 0 saturated heterocycles. The van der Waals surface area contributed by atoms with Gasteiger partial charge in [0.05, 0.1) is 25.4 Å². The predicted molar refractivity (Wildman–Crippen MR) is 91.8 cm³/mol. The van der Waals surface area contributed by atoms with Crippen LogP contribution in [0.4, 0.5) is 0 Å². The van der Waals surface area contributed by atoms with Gasteiger partial charge in [-0.2, -0.15) is 0 Å². The maximum atomic E-state index is 12.3. The molecule has 1 aromatic carbocycles. The van der Waals surface area contributed by atoms with Crippen molar-refractivity contribution in [1.82, 2.24) is 4.57 Å². The molecule has 2 aromatic rings. The van der Waals surface area contributed by atoms with Crippen molar-refractivity contribution >= 4 is 22.8 Å². The number of benzene rings is 1. The fourth-order valence-electron chi connectivity index (χ4n) is 2.75. The third-order valence-corrected chi connectivity index (χ3v) is 3.76. The lowest BCUT2D eigenvalue weighted by molar-refractivity contribution is -0.145. The van der Waals surface area contributed by atoms with E-state index in [4.69, 9.17) is 14.2 Å². The first kappa shape index (κ1) is 18.8. The summed E-state index contributed by atoms with van der Waals surface area (Å²) in [6.45, 7) is 5.95. The van der Waals surface area contributed by atoms with Gasteiger partial charge in [0.1, 0.15) is 5.75 Å². The van der Waals surface area contributed by atoms with Crippen LogP contribution in [-0.2, 0) is 20.8 Å². The highest BCUT2D eigenvalue weighted by molar-refractivity contribution is 6.06. The van der Waals surface area contributed by atoms with Crippen molar-refractivity contribution in [3.05, 3.63) is 29.5 Å². The largest absolute Gasteiger partial charge is 0.482 e. The van der Waals surface area contributed by atoms with Gasteiger partial charge in [-0.05, 0) is 39.0 Å². The third kappa shape index (κ3) is 4.11. The summed E-state index contributed by atoms with van der Waals surface area (Å²) in [6.07, 6.45) is 0. The van der Waals surface area contributed by atoms with Gasteiger partial charge >= 0.3 is 11.9 Å². The van der Waals surface area contributed by atoms with Crippen LogP contribution in [0.1, 0.15) is 29.9 Å². The number of aliphatic hydroxyl groups excluding tert-OH is 1. The normalized spacial score (nSPS) is 10.7. The van der Waals surface area contributed by atoms with E-state index in [1.54, 1.807) is 39.0 Å². The van der Waals surface area contributed by atoms with Crippen LogP contribution in [-0.4, -0.2) is 48.0 Å². The van der Waals surface area contributed by atoms with Crippen LogP contribution in [0, 0.1) is 6.92 Å². The van der Waals surface area contributed by atoms with E-state index in [9.17, 15) is 14.7 Å². The Hall–Kier alpha value is -2.54. The van der Waals surface area contributed by atoms with Crippen LogP contribution in [0.5, 0.6) is 5.75 Å². The SMILES string of the molecule is CCOC(=O)COc1ccc2c(c1)c(C(=O)OCC)c(C)n2CCO. The Labute approximate surface area is 146 Å². The van der Waals surface area contributed by atoms with Crippen molar-refractivity contribution in [3.63, 3.8) is 0 Å². The quantitative estimate of drug-likeness (QED) is 0.734. The molecule has 25 heavy (non-hydrogen) atoms. The predicted octanol–water partition coefficient (Wildman–Crippen LogP) is 2.06. The molecule has 1 aromatic heterocycles. The number of rotatable bonds is 8. The summed E-state index contributed by atoms with van der Waals surface area (Å²) in [6, 6.07) is 5.20. The molecule has 0 aliphatic carbocycles. The number of hydrogen-bond donors (Lipinski definition) is 1. The maximum Gasteiger partial charge on any atom is 0.344 e. The molecule has 0 saturated carbocycles. The molecule has 0 radical (unpaired) electrons. The summed E-state index contributed by atoms with van der Waals surface area (Å²) in [5.74, 6) is -0.432. The highest BCUT2D eigenvalue weighted by atomic mass is 16.6. The second-order valence-electron chi connectivity index (χ2n) is 5.33. The summed E-state index contributed by atoms with van der Waals surface area (Å²) < 4.78 is 17.3. The van der Waals surface area contributed by atoms with Crippen LogP contribution in [0.15, 0.2) is 18.2 Å². The minimum absolute atomic E-state index is 0.0476. The fourth-order valence-corrected chi connectivity index (χ4v) is 2.75. The zero-order valence-corrected chi connectivity index (χ0v) is 14.7. The molecule has 0 aliphatic heterocycles. The Balaban J connectivity index is 2.42. The zero-order chi connectivity index (χ0) is 18.4. The van der Waals surface area contributed by atoms with Gasteiger partial charge in [0.2, 0.25) is 0 Å². The number of aromatic nitrogens is 1. The van der Waals surface area contributed by atoms with Crippen molar-refractivity contribution in [2.45, 2.75) is 27.3 Å². The Morgan fingerprint density at radius 2 is 1.88 bits per heavy atom. The van der Waals surface area contributed by atoms with Gasteiger partial charge in [-0.3, -0.25) is 0 Å². The van der Waals surface area contributed by atoms with Crippen LogP contribution in [0.2, 0.25) is 0 Å². The first-order valence-electron chi connectivity index (χ1n) is 8.22. The van der Waals surface area contributed by atoms with Crippen molar-refractivity contribution < 1.29 is 28.9 Å². The average molecular weight is 349 g/mol. The van der Waals surface area contributed by atoms with E-state index in [2.05, 4.69) is 0 Å².